The minimum absolute atomic E-state index is 0. The Kier molecular flexibility index (Phi) is 5.34. The predicted octanol–water partition coefficient (Wildman–Crippen LogP) is 1.40. The van der Waals surface area contributed by atoms with Crippen molar-refractivity contribution in [3.05, 3.63) is 29.3 Å². The summed E-state index contributed by atoms with van der Waals surface area (Å²) in [6, 6.07) is 6.82. The predicted molar refractivity (Wildman–Crippen MR) is 55.6 cm³/mol. The molecule has 13 heavy (non-hydrogen) atoms. The van der Waals surface area contributed by atoms with Crippen LogP contribution in [0.3, 0.4) is 0 Å². The first-order valence-corrected chi connectivity index (χ1v) is 3.84. The van der Waals surface area contributed by atoms with Crippen molar-refractivity contribution in [3.63, 3.8) is 0 Å². The van der Waals surface area contributed by atoms with Crippen LogP contribution in [0, 0.1) is 11.3 Å². The van der Waals surface area contributed by atoms with Gasteiger partial charge in [0.1, 0.15) is 6.07 Å². The molecule has 0 aliphatic rings. The minimum atomic E-state index is -0.0418. The van der Waals surface area contributed by atoms with E-state index in [4.69, 9.17) is 5.26 Å². The number of rotatable bonds is 1. The van der Waals surface area contributed by atoms with Crippen LogP contribution in [-0.2, 0) is 0 Å². The number of carbonyl (C=O) groups is 1. The van der Waals surface area contributed by atoms with Crippen LogP contribution in [0.2, 0.25) is 0 Å². The van der Waals surface area contributed by atoms with Gasteiger partial charge in [-0.05, 0) is 19.1 Å². The number of ketones is 1. The van der Waals surface area contributed by atoms with E-state index in [9.17, 15) is 4.79 Å². The van der Waals surface area contributed by atoms with Gasteiger partial charge in [0, 0.05) is 10.5 Å². The fraction of sp³-hybridized carbons (Fsp3) is 0.111. The molecule has 0 aromatic heterocycles. The topological polar surface area (TPSA) is 40.9 Å². The number of hydrogen-bond donors (Lipinski definition) is 1. The molecule has 4 heteroatoms. The van der Waals surface area contributed by atoms with Gasteiger partial charge in [0.05, 0.1) is 5.56 Å². The van der Waals surface area contributed by atoms with Gasteiger partial charge in [-0.15, -0.1) is 12.6 Å². The van der Waals surface area contributed by atoms with E-state index in [1.807, 2.05) is 6.07 Å². The van der Waals surface area contributed by atoms with Crippen LogP contribution in [0.25, 0.3) is 0 Å². The van der Waals surface area contributed by atoms with Gasteiger partial charge in [-0.25, -0.2) is 0 Å². The van der Waals surface area contributed by atoms with Crippen molar-refractivity contribution >= 4 is 48.0 Å². The van der Waals surface area contributed by atoms with Gasteiger partial charge in [-0.2, -0.15) is 5.26 Å². The third-order valence-electron chi connectivity index (χ3n) is 1.52. The van der Waals surface area contributed by atoms with Gasteiger partial charge < -0.3 is 0 Å². The van der Waals surface area contributed by atoms with Gasteiger partial charge in [0.25, 0.3) is 0 Å². The number of carbonyl (C=O) groups excluding carboxylic acids is 1. The summed E-state index contributed by atoms with van der Waals surface area (Å²) in [5.74, 6) is -0.0418. The van der Waals surface area contributed by atoms with Gasteiger partial charge in [-0.1, -0.05) is 6.07 Å². The molecule has 62 valence electrons. The summed E-state index contributed by atoms with van der Waals surface area (Å²) in [6.07, 6.45) is 0. The standard InChI is InChI=1S/C9H7NOS.Na.H/c1-6(11)7-2-3-9(12)8(4-7)5-10;;/h2-4,12H,1H3;;. The van der Waals surface area contributed by atoms with E-state index in [1.54, 1.807) is 18.2 Å². The first kappa shape index (κ1) is 12.7. The number of thiol groups is 1. The van der Waals surface area contributed by atoms with Crippen molar-refractivity contribution in [2.45, 2.75) is 11.8 Å². The maximum absolute atomic E-state index is 10.9. The molecule has 0 radical (unpaired) electrons. The zero-order valence-electron chi connectivity index (χ0n) is 6.53. The monoisotopic (exact) mass is 201 g/mol. The fourth-order valence-corrected chi connectivity index (χ4v) is 1.03. The molecular formula is C9H8NNaOS. The molecule has 2 nitrogen and oxygen atoms in total. The van der Waals surface area contributed by atoms with Gasteiger partial charge in [0.15, 0.2) is 5.78 Å². The van der Waals surface area contributed by atoms with Crippen molar-refractivity contribution in [3.8, 4) is 6.07 Å². The Balaban J connectivity index is 0.00000144. The molecule has 0 saturated heterocycles. The SMILES string of the molecule is CC(=O)c1ccc(S)c(C#N)c1.[NaH]. The van der Waals surface area contributed by atoms with Crippen molar-refractivity contribution in [1.82, 2.24) is 0 Å². The Labute approximate surface area is 105 Å². The summed E-state index contributed by atoms with van der Waals surface area (Å²) in [5, 5.41) is 8.61. The molecule has 1 aromatic rings. The van der Waals surface area contributed by atoms with E-state index in [0.29, 0.717) is 16.0 Å². The van der Waals surface area contributed by atoms with Crippen LogP contribution in [-0.4, -0.2) is 35.3 Å². The Morgan fingerprint density at radius 2 is 2.15 bits per heavy atom. The third kappa shape index (κ3) is 3.17. The molecule has 0 unspecified atom stereocenters. The summed E-state index contributed by atoms with van der Waals surface area (Å²) in [5.41, 5.74) is 0.982. The van der Waals surface area contributed by atoms with Crippen LogP contribution in [0.15, 0.2) is 23.1 Å². The first-order chi connectivity index (χ1) is 5.65. The first-order valence-electron chi connectivity index (χ1n) is 3.39. The van der Waals surface area contributed by atoms with E-state index < -0.39 is 0 Å². The van der Waals surface area contributed by atoms with E-state index in [2.05, 4.69) is 12.6 Å². The van der Waals surface area contributed by atoms with Gasteiger partial charge in [-0.3, -0.25) is 4.79 Å². The molecule has 1 rings (SSSR count). The Bertz CT molecular complexity index is 370. The fourth-order valence-electron chi connectivity index (χ4n) is 0.845. The second kappa shape index (κ2) is 5.46. The van der Waals surface area contributed by atoms with Crippen molar-refractivity contribution in [1.29, 1.82) is 5.26 Å². The number of nitriles is 1. The Morgan fingerprint density at radius 3 is 2.62 bits per heavy atom. The molecule has 0 bridgehead atoms. The van der Waals surface area contributed by atoms with Crippen LogP contribution in [0.5, 0.6) is 0 Å². The number of benzene rings is 1. The van der Waals surface area contributed by atoms with Crippen molar-refractivity contribution < 1.29 is 4.79 Å². The second-order valence-electron chi connectivity index (χ2n) is 2.40. The Hall–Kier alpha value is -0.270. The Morgan fingerprint density at radius 1 is 1.54 bits per heavy atom. The third-order valence-corrected chi connectivity index (χ3v) is 1.91. The molecule has 0 spiro atoms. The van der Waals surface area contributed by atoms with Gasteiger partial charge >= 0.3 is 29.6 Å². The normalized spacial score (nSPS) is 8.38. The molecule has 0 amide bonds. The van der Waals surface area contributed by atoms with Crippen molar-refractivity contribution in [2.24, 2.45) is 0 Å². The molecule has 0 N–H and O–H groups in total. The molecule has 1 aromatic carbocycles. The molecule has 0 aliphatic carbocycles. The number of hydrogen-bond acceptors (Lipinski definition) is 3. The van der Waals surface area contributed by atoms with Crippen LogP contribution in [0.4, 0.5) is 0 Å². The summed E-state index contributed by atoms with van der Waals surface area (Å²) in [6.45, 7) is 1.47. The zero-order valence-corrected chi connectivity index (χ0v) is 7.43. The summed E-state index contributed by atoms with van der Waals surface area (Å²) >= 11 is 4.06. The summed E-state index contributed by atoms with van der Waals surface area (Å²) in [4.78, 5) is 11.5. The molecule has 0 saturated carbocycles. The average Bonchev–Trinajstić information content (AvgIpc) is 2.05. The van der Waals surface area contributed by atoms with E-state index in [-0.39, 0.29) is 35.3 Å². The van der Waals surface area contributed by atoms with Crippen LogP contribution in [0.1, 0.15) is 22.8 Å². The molecule has 0 fully saturated rings. The second-order valence-corrected chi connectivity index (χ2v) is 2.88. The van der Waals surface area contributed by atoms with E-state index in [0.717, 1.165) is 0 Å². The molecular weight excluding hydrogens is 193 g/mol. The maximum atomic E-state index is 10.9. The number of Topliss-reactive ketones (excluding diaryl/α,β-unsaturated/α-hetero) is 1. The quantitative estimate of drug-likeness (QED) is 0.424. The molecule has 0 heterocycles. The van der Waals surface area contributed by atoms with E-state index in [1.165, 1.54) is 6.92 Å². The molecule has 0 atom stereocenters. The number of nitrogens with zero attached hydrogens (tertiary/aromatic N) is 1. The van der Waals surface area contributed by atoms with E-state index >= 15 is 0 Å². The van der Waals surface area contributed by atoms with Gasteiger partial charge in [0.2, 0.25) is 0 Å². The average molecular weight is 201 g/mol. The van der Waals surface area contributed by atoms with Crippen molar-refractivity contribution in [2.75, 3.05) is 0 Å². The summed E-state index contributed by atoms with van der Waals surface area (Å²) < 4.78 is 0. The summed E-state index contributed by atoms with van der Waals surface area (Å²) in [7, 11) is 0. The van der Waals surface area contributed by atoms with Crippen LogP contribution >= 0.6 is 12.6 Å². The molecule has 0 aliphatic heterocycles. The van der Waals surface area contributed by atoms with Crippen LogP contribution < -0.4 is 0 Å². The zero-order chi connectivity index (χ0) is 9.14.